The summed E-state index contributed by atoms with van der Waals surface area (Å²) in [4.78, 5) is 16.3. The summed E-state index contributed by atoms with van der Waals surface area (Å²) in [6.07, 6.45) is 4.65. The summed E-state index contributed by atoms with van der Waals surface area (Å²) < 4.78 is 22.7. The Labute approximate surface area is 172 Å². The molecule has 0 radical (unpaired) electrons. The molecule has 1 spiro atoms. The van der Waals surface area contributed by atoms with Crippen molar-refractivity contribution in [3.63, 3.8) is 0 Å². The number of benzene rings is 1. The first-order chi connectivity index (χ1) is 13.9. The van der Waals surface area contributed by atoms with Crippen molar-refractivity contribution in [3.8, 4) is 11.5 Å². The third kappa shape index (κ3) is 3.69. The fourth-order valence-corrected chi connectivity index (χ4v) is 4.62. The maximum atomic E-state index is 12.1. The second-order valence-electron chi connectivity index (χ2n) is 8.42. The zero-order valence-corrected chi connectivity index (χ0v) is 17.6. The molecular weight excluding hydrogens is 372 g/mol. The highest BCUT2D eigenvalue weighted by atomic mass is 16.7. The number of carbonyl (C=O) groups is 1. The maximum Gasteiger partial charge on any atom is 0.508 e. The number of ether oxygens (including phenoxy) is 4. The Balaban J connectivity index is 1.55. The van der Waals surface area contributed by atoms with Gasteiger partial charge in [0.25, 0.3) is 0 Å². The first-order valence-corrected chi connectivity index (χ1v) is 10.2. The van der Waals surface area contributed by atoms with Gasteiger partial charge in [0, 0.05) is 25.1 Å². The van der Waals surface area contributed by atoms with Gasteiger partial charge in [0.15, 0.2) is 11.5 Å². The van der Waals surface area contributed by atoms with Gasteiger partial charge in [-0.2, -0.15) is 0 Å². The van der Waals surface area contributed by atoms with Crippen molar-refractivity contribution < 1.29 is 23.7 Å². The number of carbonyl (C=O) groups excluding carboxylic acids is 1. The molecule has 0 bridgehead atoms. The number of rotatable bonds is 5. The largest absolute Gasteiger partial charge is 0.508 e. The second-order valence-corrected chi connectivity index (χ2v) is 8.42. The number of methoxy groups -OCH3 is 1. The average molecular weight is 402 g/mol. The summed E-state index contributed by atoms with van der Waals surface area (Å²) >= 11 is 0. The number of likely N-dealkylation sites (N-methyl/N-ethyl adjacent to an activating group) is 1. The van der Waals surface area contributed by atoms with Gasteiger partial charge in [-0.05, 0) is 51.8 Å². The molecule has 7 nitrogen and oxygen atoms in total. The summed E-state index contributed by atoms with van der Waals surface area (Å²) in [7, 11) is 7.68. The Morgan fingerprint density at radius 2 is 2.21 bits per heavy atom. The van der Waals surface area contributed by atoms with E-state index in [0.717, 1.165) is 31.0 Å². The molecule has 2 heterocycles. The highest BCUT2D eigenvalue weighted by molar-refractivity contribution is 5.62. The number of hydrogen-bond acceptors (Lipinski definition) is 7. The lowest BCUT2D eigenvalue weighted by Crippen LogP contribution is -2.43. The van der Waals surface area contributed by atoms with Gasteiger partial charge in [-0.3, -0.25) is 0 Å². The average Bonchev–Trinajstić information content (AvgIpc) is 2.93. The van der Waals surface area contributed by atoms with Crippen LogP contribution >= 0.6 is 0 Å². The predicted molar refractivity (Wildman–Crippen MR) is 109 cm³/mol. The molecule has 1 aliphatic carbocycles. The molecule has 29 heavy (non-hydrogen) atoms. The molecule has 0 saturated heterocycles. The van der Waals surface area contributed by atoms with Gasteiger partial charge in [-0.15, -0.1) is 0 Å². The topological polar surface area (TPSA) is 60.5 Å². The molecule has 3 aliphatic rings. The van der Waals surface area contributed by atoms with Crippen LogP contribution in [-0.4, -0.2) is 76.1 Å². The monoisotopic (exact) mass is 402 g/mol. The second kappa shape index (κ2) is 7.88. The molecule has 0 aromatic heterocycles. The van der Waals surface area contributed by atoms with Gasteiger partial charge in [0.05, 0.1) is 12.5 Å². The van der Waals surface area contributed by atoms with Crippen LogP contribution < -0.4 is 9.47 Å². The predicted octanol–water partition coefficient (Wildman–Crippen LogP) is 2.57. The first kappa shape index (κ1) is 20.0. The fourth-order valence-electron chi connectivity index (χ4n) is 4.62. The van der Waals surface area contributed by atoms with E-state index in [2.05, 4.69) is 24.1 Å². The lowest BCUT2D eigenvalue weighted by molar-refractivity contribution is 0.0116. The summed E-state index contributed by atoms with van der Waals surface area (Å²) in [5, 5.41) is 0. The van der Waals surface area contributed by atoms with E-state index in [9.17, 15) is 4.79 Å². The van der Waals surface area contributed by atoms with E-state index >= 15 is 0 Å². The van der Waals surface area contributed by atoms with Crippen LogP contribution in [0.15, 0.2) is 24.3 Å². The van der Waals surface area contributed by atoms with Crippen molar-refractivity contribution in [2.45, 2.75) is 37.0 Å². The molecule has 0 fully saturated rings. The van der Waals surface area contributed by atoms with E-state index in [4.69, 9.17) is 18.9 Å². The van der Waals surface area contributed by atoms with Crippen LogP contribution in [0.2, 0.25) is 0 Å². The molecule has 3 atom stereocenters. The van der Waals surface area contributed by atoms with E-state index < -0.39 is 6.16 Å². The smallest absolute Gasteiger partial charge is 0.493 e. The highest BCUT2D eigenvalue weighted by Crippen LogP contribution is 2.55. The van der Waals surface area contributed by atoms with Gasteiger partial charge < -0.3 is 28.7 Å². The number of hydrogen-bond donors (Lipinski definition) is 0. The van der Waals surface area contributed by atoms with Crippen LogP contribution in [0.5, 0.6) is 11.5 Å². The van der Waals surface area contributed by atoms with Crippen molar-refractivity contribution in [2.24, 2.45) is 0 Å². The standard InChI is InChI=1S/C22H30N2O5/c1-23(2)11-12-27-21(25)28-16-7-8-22-9-10-24(3)14-15-5-6-17(26-4)20(19(15)22)29-18(22)13-16/h5-8,16,18H,9-14H2,1-4H3/t16-,18-,22-/m0/s1. The molecule has 1 aromatic rings. The molecule has 2 aliphatic heterocycles. The lowest BCUT2D eigenvalue weighted by Gasteiger charge is -2.36. The summed E-state index contributed by atoms with van der Waals surface area (Å²) in [5.41, 5.74) is 2.29. The van der Waals surface area contributed by atoms with Crippen LogP contribution in [0.1, 0.15) is 24.0 Å². The van der Waals surface area contributed by atoms with E-state index in [-0.39, 0.29) is 17.6 Å². The third-order valence-electron chi connectivity index (χ3n) is 6.14. The Kier molecular flexibility index (Phi) is 5.44. The van der Waals surface area contributed by atoms with Crippen LogP contribution in [0.4, 0.5) is 4.79 Å². The Morgan fingerprint density at radius 1 is 1.38 bits per heavy atom. The molecule has 0 N–H and O–H groups in total. The van der Waals surface area contributed by atoms with Crippen molar-refractivity contribution >= 4 is 6.16 Å². The molecule has 0 saturated carbocycles. The minimum atomic E-state index is -0.633. The van der Waals surface area contributed by atoms with Crippen LogP contribution in [0, 0.1) is 0 Å². The minimum absolute atomic E-state index is 0.0939. The van der Waals surface area contributed by atoms with Gasteiger partial charge in [-0.1, -0.05) is 12.1 Å². The summed E-state index contributed by atoms with van der Waals surface area (Å²) in [6.45, 7) is 2.83. The molecule has 158 valence electrons. The normalized spacial score (nSPS) is 27.6. The lowest BCUT2D eigenvalue weighted by atomic mass is 9.69. The summed E-state index contributed by atoms with van der Waals surface area (Å²) in [6, 6.07) is 4.13. The quantitative estimate of drug-likeness (QED) is 0.554. The summed E-state index contributed by atoms with van der Waals surface area (Å²) in [5.74, 6) is 1.60. The van der Waals surface area contributed by atoms with Crippen molar-refractivity contribution in [1.29, 1.82) is 0 Å². The highest BCUT2D eigenvalue weighted by Gasteiger charge is 2.53. The van der Waals surface area contributed by atoms with Crippen molar-refractivity contribution in [1.82, 2.24) is 9.80 Å². The molecule has 4 rings (SSSR count). The maximum absolute atomic E-state index is 12.1. The van der Waals surface area contributed by atoms with Gasteiger partial charge in [-0.25, -0.2) is 4.79 Å². The van der Waals surface area contributed by atoms with Crippen LogP contribution in [-0.2, 0) is 21.4 Å². The van der Waals surface area contributed by atoms with E-state index in [1.165, 1.54) is 11.1 Å². The SMILES string of the molecule is COc1ccc2c3c1O[C@H]1C[C@@H](OC(=O)OCCN(C)C)C=C[C@@]31CCN(C)C2. The van der Waals surface area contributed by atoms with Gasteiger partial charge >= 0.3 is 6.16 Å². The Morgan fingerprint density at radius 3 is 2.97 bits per heavy atom. The molecule has 7 heteroatoms. The van der Waals surface area contributed by atoms with Crippen LogP contribution in [0.3, 0.4) is 0 Å². The fraction of sp³-hybridized carbons (Fsp3) is 0.591. The Bertz CT molecular complexity index is 809. The number of nitrogens with zero attached hydrogens (tertiary/aromatic N) is 2. The van der Waals surface area contributed by atoms with Crippen molar-refractivity contribution in [2.75, 3.05) is 47.9 Å². The molecular formula is C22H30N2O5. The first-order valence-electron chi connectivity index (χ1n) is 10.2. The molecule has 1 aromatic carbocycles. The zero-order valence-electron chi connectivity index (χ0n) is 17.6. The van der Waals surface area contributed by atoms with E-state index in [1.54, 1.807) is 7.11 Å². The van der Waals surface area contributed by atoms with Gasteiger partial charge in [0.2, 0.25) is 0 Å². The molecule has 0 amide bonds. The van der Waals surface area contributed by atoms with E-state index in [1.807, 2.05) is 31.1 Å². The van der Waals surface area contributed by atoms with Gasteiger partial charge in [0.1, 0.15) is 18.8 Å². The van der Waals surface area contributed by atoms with Crippen molar-refractivity contribution in [3.05, 3.63) is 35.4 Å². The zero-order chi connectivity index (χ0) is 20.6. The third-order valence-corrected chi connectivity index (χ3v) is 6.14. The Hall–Kier alpha value is -2.25. The minimum Gasteiger partial charge on any atom is -0.493 e. The van der Waals surface area contributed by atoms with Crippen LogP contribution in [0.25, 0.3) is 0 Å². The van der Waals surface area contributed by atoms with E-state index in [0.29, 0.717) is 19.6 Å². The molecule has 0 unspecified atom stereocenters.